The lowest BCUT2D eigenvalue weighted by Gasteiger charge is -2.39. The van der Waals surface area contributed by atoms with Gasteiger partial charge in [0, 0.05) is 25.5 Å². The quantitative estimate of drug-likeness (QED) is 0.764. The second-order valence-electron chi connectivity index (χ2n) is 6.37. The molecule has 7 nitrogen and oxygen atoms in total. The fraction of sp³-hybridized carbons (Fsp3) is 0.375. The molecule has 24 heavy (non-hydrogen) atoms. The maximum Gasteiger partial charge on any atom is 0.219 e. The first-order valence-electron chi connectivity index (χ1n) is 7.74. The molecule has 2 N–H and O–H groups in total. The summed E-state index contributed by atoms with van der Waals surface area (Å²) < 4.78 is 6.91. The number of thiophene rings is 1. The maximum absolute atomic E-state index is 5.82. The van der Waals surface area contributed by atoms with Gasteiger partial charge in [0.1, 0.15) is 0 Å². The average molecular weight is 342 g/mol. The Morgan fingerprint density at radius 2 is 2.04 bits per heavy atom. The number of anilines is 2. The predicted molar refractivity (Wildman–Crippen MR) is 95.1 cm³/mol. The molecule has 1 fully saturated rings. The van der Waals surface area contributed by atoms with Crippen molar-refractivity contribution in [1.82, 2.24) is 19.9 Å². The number of nitrogen functional groups attached to an aromatic ring is 1. The molecule has 3 aromatic rings. The molecule has 4 heterocycles. The number of hydrogen-bond acceptors (Lipinski definition) is 8. The molecule has 3 aromatic heterocycles. The van der Waals surface area contributed by atoms with Crippen LogP contribution in [0.2, 0.25) is 0 Å². The summed E-state index contributed by atoms with van der Waals surface area (Å²) >= 11 is 1.66. The van der Waals surface area contributed by atoms with Crippen molar-refractivity contribution in [1.29, 1.82) is 0 Å². The number of ether oxygens (including phenoxy) is 1. The van der Waals surface area contributed by atoms with Gasteiger partial charge in [0.05, 0.1) is 28.0 Å². The molecule has 4 rings (SSSR count). The molecule has 8 heteroatoms. The van der Waals surface area contributed by atoms with Gasteiger partial charge in [-0.25, -0.2) is 19.9 Å². The number of nitrogens with zero attached hydrogens (tertiary/aromatic N) is 5. The number of aromatic nitrogens is 4. The molecule has 1 aliphatic rings. The van der Waals surface area contributed by atoms with Crippen LogP contribution in [0.25, 0.3) is 21.6 Å². The van der Waals surface area contributed by atoms with E-state index in [-0.39, 0.29) is 11.5 Å². The summed E-state index contributed by atoms with van der Waals surface area (Å²) in [6.07, 6.45) is 3.31. The van der Waals surface area contributed by atoms with Crippen molar-refractivity contribution < 1.29 is 4.74 Å². The van der Waals surface area contributed by atoms with Crippen molar-refractivity contribution in [3.05, 3.63) is 23.8 Å². The Hall–Kier alpha value is -2.32. The highest BCUT2D eigenvalue weighted by Gasteiger charge is 2.29. The second-order valence-corrected chi connectivity index (χ2v) is 7.28. The first-order valence-corrected chi connectivity index (χ1v) is 8.62. The van der Waals surface area contributed by atoms with E-state index >= 15 is 0 Å². The van der Waals surface area contributed by atoms with Crippen LogP contribution in [0.5, 0.6) is 0 Å². The van der Waals surface area contributed by atoms with Gasteiger partial charge in [0.2, 0.25) is 5.95 Å². The van der Waals surface area contributed by atoms with Gasteiger partial charge in [-0.15, -0.1) is 11.3 Å². The van der Waals surface area contributed by atoms with Crippen LogP contribution in [0, 0.1) is 0 Å². The van der Waals surface area contributed by atoms with Crippen LogP contribution in [0.15, 0.2) is 23.8 Å². The van der Waals surface area contributed by atoms with Gasteiger partial charge in [-0.05, 0) is 25.3 Å². The average Bonchev–Trinajstić information content (AvgIpc) is 3.02. The summed E-state index contributed by atoms with van der Waals surface area (Å²) in [6.45, 7) is 6.48. The van der Waals surface area contributed by atoms with E-state index in [2.05, 4.69) is 33.7 Å². The van der Waals surface area contributed by atoms with E-state index < -0.39 is 0 Å². The lowest BCUT2D eigenvalue weighted by Crippen LogP contribution is -2.48. The zero-order valence-electron chi connectivity index (χ0n) is 13.6. The topological polar surface area (TPSA) is 90.1 Å². The summed E-state index contributed by atoms with van der Waals surface area (Å²) in [5, 5.41) is 2.04. The van der Waals surface area contributed by atoms with Crippen LogP contribution in [0.3, 0.4) is 0 Å². The summed E-state index contributed by atoms with van der Waals surface area (Å²) in [6, 6.07) is 2.01. The van der Waals surface area contributed by atoms with Gasteiger partial charge in [-0.3, -0.25) is 0 Å². The Labute approximate surface area is 143 Å². The van der Waals surface area contributed by atoms with E-state index in [1.165, 1.54) is 0 Å². The molecule has 0 atom stereocenters. The van der Waals surface area contributed by atoms with Crippen LogP contribution >= 0.6 is 11.3 Å². The first-order chi connectivity index (χ1) is 11.5. The van der Waals surface area contributed by atoms with Crippen LogP contribution in [0.1, 0.15) is 13.8 Å². The van der Waals surface area contributed by atoms with E-state index in [0.29, 0.717) is 12.4 Å². The molecule has 0 aromatic carbocycles. The largest absolute Gasteiger partial charge is 0.372 e. The molecular weight excluding hydrogens is 324 g/mol. The van der Waals surface area contributed by atoms with Gasteiger partial charge >= 0.3 is 0 Å². The third-order valence-electron chi connectivity index (χ3n) is 3.94. The number of morpholine rings is 1. The standard InChI is InChI=1S/C16H18N6OS/c1-16(2)9-22(4-5-23-16)14-12-11(3-6-24-12)20-13(21-14)10-7-18-15(17)19-8-10/h3,6-8H,4-5,9H2,1-2H3,(H2,17,18,19). The molecule has 124 valence electrons. The molecule has 0 aliphatic carbocycles. The van der Waals surface area contributed by atoms with Gasteiger partial charge in [-0.2, -0.15) is 0 Å². The van der Waals surface area contributed by atoms with Crippen molar-refractivity contribution in [2.24, 2.45) is 0 Å². The minimum atomic E-state index is -0.197. The van der Waals surface area contributed by atoms with Crippen LogP contribution < -0.4 is 10.6 Å². The minimum absolute atomic E-state index is 0.197. The van der Waals surface area contributed by atoms with E-state index in [0.717, 1.165) is 34.7 Å². The van der Waals surface area contributed by atoms with Crippen molar-refractivity contribution in [2.45, 2.75) is 19.4 Å². The Morgan fingerprint density at radius 3 is 2.79 bits per heavy atom. The van der Waals surface area contributed by atoms with Crippen LogP contribution in [-0.2, 0) is 4.74 Å². The van der Waals surface area contributed by atoms with Crippen molar-refractivity contribution in [2.75, 3.05) is 30.3 Å². The van der Waals surface area contributed by atoms with E-state index in [1.54, 1.807) is 23.7 Å². The lowest BCUT2D eigenvalue weighted by atomic mass is 10.1. The molecule has 1 aliphatic heterocycles. The molecular formula is C16H18N6OS. The summed E-state index contributed by atoms with van der Waals surface area (Å²) in [4.78, 5) is 19.8. The fourth-order valence-electron chi connectivity index (χ4n) is 2.84. The fourth-order valence-corrected chi connectivity index (χ4v) is 3.69. The maximum atomic E-state index is 5.82. The summed E-state index contributed by atoms with van der Waals surface area (Å²) in [7, 11) is 0. The van der Waals surface area contributed by atoms with E-state index in [4.69, 9.17) is 15.5 Å². The Morgan fingerprint density at radius 1 is 1.25 bits per heavy atom. The van der Waals surface area contributed by atoms with Gasteiger partial charge in [0.25, 0.3) is 0 Å². The van der Waals surface area contributed by atoms with Crippen molar-refractivity contribution in [3.8, 4) is 11.4 Å². The number of hydrogen-bond donors (Lipinski definition) is 1. The van der Waals surface area contributed by atoms with Gasteiger partial charge in [-0.1, -0.05) is 0 Å². The Balaban J connectivity index is 1.82. The second kappa shape index (κ2) is 5.64. The normalized spacial score (nSPS) is 17.3. The molecule has 0 saturated carbocycles. The molecule has 0 unspecified atom stereocenters. The van der Waals surface area contributed by atoms with E-state index in [1.807, 2.05) is 11.4 Å². The van der Waals surface area contributed by atoms with Gasteiger partial charge in [0.15, 0.2) is 11.6 Å². The van der Waals surface area contributed by atoms with E-state index in [9.17, 15) is 0 Å². The molecule has 0 amide bonds. The van der Waals surface area contributed by atoms with Crippen molar-refractivity contribution in [3.63, 3.8) is 0 Å². The molecule has 0 bridgehead atoms. The monoisotopic (exact) mass is 342 g/mol. The highest BCUT2D eigenvalue weighted by Crippen LogP contribution is 2.33. The highest BCUT2D eigenvalue weighted by atomic mass is 32.1. The van der Waals surface area contributed by atoms with Crippen LogP contribution in [-0.4, -0.2) is 45.2 Å². The predicted octanol–water partition coefficient (Wildman–Crippen LogP) is 2.35. The molecule has 1 saturated heterocycles. The lowest BCUT2D eigenvalue weighted by molar-refractivity contribution is -0.0278. The SMILES string of the molecule is CC1(C)CN(c2nc(-c3cnc(N)nc3)nc3ccsc23)CCO1. The zero-order chi connectivity index (χ0) is 16.7. The zero-order valence-corrected chi connectivity index (χ0v) is 14.4. The number of rotatable bonds is 2. The summed E-state index contributed by atoms with van der Waals surface area (Å²) in [5.74, 6) is 1.80. The minimum Gasteiger partial charge on any atom is -0.372 e. The first kappa shape index (κ1) is 15.2. The third kappa shape index (κ3) is 2.78. The smallest absolute Gasteiger partial charge is 0.219 e. The number of nitrogens with two attached hydrogens (primary N) is 1. The van der Waals surface area contributed by atoms with Crippen molar-refractivity contribution >= 4 is 33.3 Å². The van der Waals surface area contributed by atoms with Crippen LogP contribution in [0.4, 0.5) is 11.8 Å². The molecule has 0 radical (unpaired) electrons. The summed E-state index contributed by atoms with van der Waals surface area (Å²) in [5.41, 5.74) is 7.06. The van der Waals surface area contributed by atoms with Gasteiger partial charge < -0.3 is 15.4 Å². The highest BCUT2D eigenvalue weighted by molar-refractivity contribution is 7.17. The Kier molecular flexibility index (Phi) is 3.58. The Bertz CT molecular complexity index is 876. The number of fused-ring (bicyclic) bond motifs is 1. The third-order valence-corrected chi connectivity index (χ3v) is 4.84. The molecule has 0 spiro atoms.